The highest BCUT2D eigenvalue weighted by Gasteiger charge is 2.19. The molecule has 5 heteroatoms. The van der Waals surface area contributed by atoms with Gasteiger partial charge in [-0.2, -0.15) is 0 Å². The van der Waals surface area contributed by atoms with Gasteiger partial charge in [0.05, 0.1) is 0 Å². The number of rotatable bonds is 2. The van der Waals surface area contributed by atoms with Gasteiger partial charge in [0.25, 0.3) is 0 Å². The van der Waals surface area contributed by atoms with Crippen molar-refractivity contribution in [1.29, 1.82) is 0 Å². The number of hydrogen-bond acceptors (Lipinski definition) is 3. The van der Waals surface area contributed by atoms with Gasteiger partial charge in [-0.1, -0.05) is 0 Å². The van der Waals surface area contributed by atoms with E-state index in [9.17, 15) is 9.50 Å². The average molecular weight is 267 g/mol. The van der Waals surface area contributed by atoms with Gasteiger partial charge in [-0.15, -0.1) is 0 Å². The van der Waals surface area contributed by atoms with Crippen LogP contribution < -0.4 is 0 Å². The standard InChI is InChI=1S/C13H8ClFO3/c14-12-4-3-10(18-12)13(16)11-6-7-5-8(15)1-2-9(7)17-11/h1-6,13,16H. The van der Waals surface area contributed by atoms with E-state index < -0.39 is 6.10 Å². The van der Waals surface area contributed by atoms with E-state index in [1.165, 1.54) is 24.3 Å². The number of fused-ring (bicyclic) bond motifs is 1. The van der Waals surface area contributed by atoms with Crippen molar-refractivity contribution in [2.24, 2.45) is 0 Å². The Morgan fingerprint density at radius 1 is 1.06 bits per heavy atom. The molecule has 1 N–H and O–H groups in total. The van der Waals surface area contributed by atoms with Crippen LogP contribution in [0, 0.1) is 5.82 Å². The van der Waals surface area contributed by atoms with Crippen molar-refractivity contribution in [3.63, 3.8) is 0 Å². The van der Waals surface area contributed by atoms with Gasteiger partial charge >= 0.3 is 0 Å². The fraction of sp³-hybridized carbons (Fsp3) is 0.0769. The van der Waals surface area contributed by atoms with E-state index in [1.54, 1.807) is 12.1 Å². The van der Waals surface area contributed by atoms with Crippen molar-refractivity contribution in [2.75, 3.05) is 0 Å². The summed E-state index contributed by atoms with van der Waals surface area (Å²) < 4.78 is 23.6. The number of hydrogen-bond donors (Lipinski definition) is 1. The first kappa shape index (κ1) is 11.3. The number of halogens is 2. The highest BCUT2D eigenvalue weighted by molar-refractivity contribution is 6.28. The molecule has 0 saturated carbocycles. The molecule has 0 radical (unpaired) electrons. The Labute approximate surface area is 106 Å². The first-order valence-electron chi connectivity index (χ1n) is 5.26. The van der Waals surface area contributed by atoms with E-state index in [4.69, 9.17) is 20.4 Å². The molecule has 0 spiro atoms. The fourth-order valence-electron chi connectivity index (χ4n) is 1.78. The van der Waals surface area contributed by atoms with Gasteiger partial charge in [0.2, 0.25) is 0 Å². The quantitative estimate of drug-likeness (QED) is 0.765. The van der Waals surface area contributed by atoms with Crippen molar-refractivity contribution >= 4 is 22.6 Å². The third-order valence-corrected chi connectivity index (χ3v) is 2.83. The second kappa shape index (κ2) is 4.15. The smallest absolute Gasteiger partial charge is 0.193 e. The maximum absolute atomic E-state index is 13.0. The summed E-state index contributed by atoms with van der Waals surface area (Å²) in [6.45, 7) is 0. The molecule has 0 bridgehead atoms. The second-order valence-electron chi connectivity index (χ2n) is 3.88. The number of aliphatic hydroxyl groups excluding tert-OH is 1. The average Bonchev–Trinajstić information content (AvgIpc) is 2.93. The molecule has 2 aromatic heterocycles. The van der Waals surface area contributed by atoms with E-state index in [0.717, 1.165) is 0 Å². The van der Waals surface area contributed by atoms with Crippen LogP contribution in [0.5, 0.6) is 0 Å². The summed E-state index contributed by atoms with van der Waals surface area (Å²) >= 11 is 5.63. The summed E-state index contributed by atoms with van der Waals surface area (Å²) in [5.41, 5.74) is 0.503. The van der Waals surface area contributed by atoms with Crippen LogP contribution in [-0.2, 0) is 0 Å². The third kappa shape index (κ3) is 1.89. The predicted octanol–water partition coefficient (Wildman–Crippen LogP) is 3.90. The van der Waals surface area contributed by atoms with Crippen LogP contribution in [0.4, 0.5) is 4.39 Å². The summed E-state index contributed by atoms with van der Waals surface area (Å²) in [7, 11) is 0. The molecule has 1 aromatic carbocycles. The molecule has 2 heterocycles. The summed E-state index contributed by atoms with van der Waals surface area (Å²) in [4.78, 5) is 0. The predicted molar refractivity (Wildman–Crippen MR) is 64.0 cm³/mol. The van der Waals surface area contributed by atoms with Crippen LogP contribution in [0.25, 0.3) is 11.0 Å². The molecule has 0 amide bonds. The summed E-state index contributed by atoms with van der Waals surface area (Å²) in [6, 6.07) is 8.80. The lowest BCUT2D eigenvalue weighted by molar-refractivity contribution is 0.165. The molecule has 3 nitrogen and oxygen atoms in total. The summed E-state index contributed by atoms with van der Waals surface area (Å²) in [6.07, 6.45) is -1.06. The zero-order valence-corrected chi connectivity index (χ0v) is 9.82. The molecule has 1 unspecified atom stereocenters. The van der Waals surface area contributed by atoms with Crippen molar-refractivity contribution in [3.05, 3.63) is 59.0 Å². The van der Waals surface area contributed by atoms with Crippen LogP contribution in [0.3, 0.4) is 0 Å². The first-order valence-corrected chi connectivity index (χ1v) is 5.63. The maximum Gasteiger partial charge on any atom is 0.193 e. The minimum absolute atomic E-state index is 0.186. The lowest BCUT2D eigenvalue weighted by Gasteiger charge is -2.02. The largest absolute Gasteiger partial charge is 0.458 e. The van der Waals surface area contributed by atoms with Crippen molar-refractivity contribution in [2.45, 2.75) is 6.10 Å². The monoisotopic (exact) mass is 266 g/mol. The topological polar surface area (TPSA) is 46.5 Å². The second-order valence-corrected chi connectivity index (χ2v) is 4.25. The zero-order chi connectivity index (χ0) is 12.7. The SMILES string of the molecule is OC(c1ccc(Cl)o1)c1cc2cc(F)ccc2o1. The van der Waals surface area contributed by atoms with Gasteiger partial charge in [0.15, 0.2) is 11.3 Å². The highest BCUT2D eigenvalue weighted by atomic mass is 35.5. The Hall–Kier alpha value is -1.78. The molecular weight excluding hydrogens is 259 g/mol. The molecule has 0 fully saturated rings. The van der Waals surface area contributed by atoms with Gasteiger partial charge in [0, 0.05) is 5.39 Å². The van der Waals surface area contributed by atoms with Crippen molar-refractivity contribution in [1.82, 2.24) is 0 Å². The van der Waals surface area contributed by atoms with Crippen LogP contribution >= 0.6 is 11.6 Å². The van der Waals surface area contributed by atoms with Crippen LogP contribution in [0.15, 0.2) is 45.2 Å². The fourth-order valence-corrected chi connectivity index (χ4v) is 1.94. The molecule has 0 aliphatic carbocycles. The van der Waals surface area contributed by atoms with Gasteiger partial charge in [-0.05, 0) is 48.0 Å². The maximum atomic E-state index is 13.0. The third-order valence-electron chi connectivity index (χ3n) is 2.63. The van der Waals surface area contributed by atoms with Gasteiger partial charge in [-0.25, -0.2) is 4.39 Å². The number of aliphatic hydroxyl groups is 1. The molecule has 3 aromatic rings. The van der Waals surface area contributed by atoms with E-state index in [-0.39, 0.29) is 22.6 Å². The Balaban J connectivity index is 2.03. The Kier molecular flexibility index (Phi) is 2.61. The number of benzene rings is 1. The molecular formula is C13H8ClFO3. The van der Waals surface area contributed by atoms with Crippen LogP contribution in [0.2, 0.25) is 5.22 Å². The Morgan fingerprint density at radius 2 is 1.89 bits per heavy atom. The molecule has 1 atom stereocenters. The molecule has 0 aliphatic rings. The van der Waals surface area contributed by atoms with Gasteiger partial charge in [-0.3, -0.25) is 0 Å². The summed E-state index contributed by atoms with van der Waals surface area (Å²) in [5, 5.41) is 10.8. The van der Waals surface area contributed by atoms with E-state index in [2.05, 4.69) is 0 Å². The number of furan rings is 2. The summed E-state index contributed by atoms with van der Waals surface area (Å²) in [5.74, 6) is 0.200. The minimum Gasteiger partial charge on any atom is -0.458 e. The molecule has 0 saturated heterocycles. The van der Waals surface area contributed by atoms with Crippen LogP contribution in [0.1, 0.15) is 17.6 Å². The normalized spacial score (nSPS) is 13.1. The first-order chi connectivity index (χ1) is 8.63. The lowest BCUT2D eigenvalue weighted by Crippen LogP contribution is -1.95. The lowest BCUT2D eigenvalue weighted by atomic mass is 10.2. The Bertz CT molecular complexity index is 701. The van der Waals surface area contributed by atoms with Gasteiger partial charge < -0.3 is 13.9 Å². The van der Waals surface area contributed by atoms with E-state index in [0.29, 0.717) is 11.0 Å². The van der Waals surface area contributed by atoms with Crippen molar-refractivity contribution < 1.29 is 18.3 Å². The molecule has 18 heavy (non-hydrogen) atoms. The molecule has 92 valence electrons. The van der Waals surface area contributed by atoms with Crippen LogP contribution in [-0.4, -0.2) is 5.11 Å². The van der Waals surface area contributed by atoms with Crippen molar-refractivity contribution in [3.8, 4) is 0 Å². The highest BCUT2D eigenvalue weighted by Crippen LogP contribution is 2.30. The molecule has 0 aliphatic heterocycles. The van der Waals surface area contributed by atoms with E-state index >= 15 is 0 Å². The zero-order valence-electron chi connectivity index (χ0n) is 9.06. The Morgan fingerprint density at radius 3 is 2.61 bits per heavy atom. The minimum atomic E-state index is -1.06. The van der Waals surface area contributed by atoms with Gasteiger partial charge in [0.1, 0.15) is 22.9 Å². The van der Waals surface area contributed by atoms with E-state index in [1.807, 2.05) is 0 Å². The molecule has 3 rings (SSSR count).